The summed E-state index contributed by atoms with van der Waals surface area (Å²) >= 11 is 1.88. The number of fused-ring (bicyclic) bond motifs is 10. The van der Waals surface area contributed by atoms with E-state index in [0.717, 1.165) is 0 Å². The fourth-order valence-electron chi connectivity index (χ4n) is 8.41. The van der Waals surface area contributed by atoms with Gasteiger partial charge in [-0.05, 0) is 101 Å². The highest BCUT2D eigenvalue weighted by Crippen LogP contribution is 2.52. The van der Waals surface area contributed by atoms with Crippen molar-refractivity contribution in [3.05, 3.63) is 157 Å². The fourth-order valence-corrected chi connectivity index (χ4v) is 9.50. The number of benzene rings is 8. The van der Waals surface area contributed by atoms with Gasteiger partial charge in [0, 0.05) is 25.6 Å². The summed E-state index contributed by atoms with van der Waals surface area (Å²) in [7, 11) is 0. The van der Waals surface area contributed by atoms with Crippen LogP contribution in [0.5, 0.6) is 0 Å². The molecule has 9 aromatic rings. The molecule has 1 aromatic heterocycles. The molecule has 0 unspecified atom stereocenters. The molecule has 8 aromatic carbocycles. The van der Waals surface area contributed by atoms with Crippen LogP contribution in [-0.2, 0) is 5.41 Å². The smallest absolute Gasteiger partial charge is 0.0355 e. The van der Waals surface area contributed by atoms with Crippen LogP contribution in [0.15, 0.2) is 146 Å². The quantitative estimate of drug-likeness (QED) is 0.173. The average molecular weight is 603 g/mol. The fraction of sp³-hybridized carbons (Fsp3) is 0.0667. The van der Waals surface area contributed by atoms with Gasteiger partial charge in [-0.1, -0.05) is 135 Å². The highest BCUT2D eigenvalue weighted by molar-refractivity contribution is 7.25. The van der Waals surface area contributed by atoms with Crippen molar-refractivity contribution in [1.29, 1.82) is 0 Å². The predicted molar refractivity (Wildman–Crippen MR) is 200 cm³/mol. The lowest BCUT2D eigenvalue weighted by atomic mass is 9.79. The Morgan fingerprint density at radius 1 is 0.413 bits per heavy atom. The lowest BCUT2D eigenvalue weighted by Crippen LogP contribution is -2.15. The Hall–Kier alpha value is -5.24. The first kappa shape index (κ1) is 26.0. The van der Waals surface area contributed by atoms with Gasteiger partial charge in [-0.3, -0.25) is 0 Å². The zero-order valence-electron chi connectivity index (χ0n) is 25.8. The van der Waals surface area contributed by atoms with E-state index >= 15 is 0 Å². The van der Waals surface area contributed by atoms with Gasteiger partial charge in [0.25, 0.3) is 0 Å². The molecule has 0 atom stereocenters. The van der Waals surface area contributed by atoms with Crippen LogP contribution in [0.3, 0.4) is 0 Å². The van der Waals surface area contributed by atoms with Crippen molar-refractivity contribution < 1.29 is 0 Å². The Labute approximate surface area is 272 Å². The molecule has 0 spiro atoms. The van der Waals surface area contributed by atoms with Crippen LogP contribution in [0.1, 0.15) is 25.0 Å². The van der Waals surface area contributed by atoms with Gasteiger partial charge < -0.3 is 0 Å². The molecule has 46 heavy (non-hydrogen) atoms. The van der Waals surface area contributed by atoms with Crippen LogP contribution in [-0.4, -0.2) is 0 Å². The van der Waals surface area contributed by atoms with Crippen LogP contribution in [0.25, 0.3) is 85.9 Å². The maximum atomic E-state index is 2.42. The highest BCUT2D eigenvalue weighted by atomic mass is 32.1. The molecule has 0 bridgehead atoms. The number of thiophene rings is 1. The van der Waals surface area contributed by atoms with E-state index < -0.39 is 0 Å². The first-order chi connectivity index (χ1) is 22.6. The standard InChI is InChI=1S/C45H30S/c1-45(2)39-17-9-7-11-31(39)37-23-19-27-25-28(20-22-30(27)44(37)45)42-33-13-3-5-15-35(33)43(36-16-6-4-14-34(36)42)29-21-24-41-38(26-29)32-12-8-10-18-40(32)46-41/h3-26H,1-2H3. The summed E-state index contributed by atoms with van der Waals surface area (Å²) in [6.07, 6.45) is 0. The molecule has 1 aliphatic rings. The van der Waals surface area contributed by atoms with Crippen molar-refractivity contribution in [3.8, 4) is 33.4 Å². The van der Waals surface area contributed by atoms with Gasteiger partial charge in [0.2, 0.25) is 0 Å². The summed E-state index contributed by atoms with van der Waals surface area (Å²) in [5.74, 6) is 0. The van der Waals surface area contributed by atoms with Gasteiger partial charge in [0.05, 0.1) is 0 Å². The van der Waals surface area contributed by atoms with E-state index in [4.69, 9.17) is 0 Å². The van der Waals surface area contributed by atoms with Crippen molar-refractivity contribution in [2.75, 3.05) is 0 Å². The normalized spacial score (nSPS) is 13.6. The van der Waals surface area contributed by atoms with Crippen molar-refractivity contribution in [2.24, 2.45) is 0 Å². The van der Waals surface area contributed by atoms with Gasteiger partial charge in [-0.2, -0.15) is 0 Å². The Morgan fingerprint density at radius 2 is 0.978 bits per heavy atom. The van der Waals surface area contributed by atoms with Gasteiger partial charge in [-0.25, -0.2) is 0 Å². The Bertz CT molecular complexity index is 2660. The van der Waals surface area contributed by atoms with Gasteiger partial charge in [0.15, 0.2) is 0 Å². The van der Waals surface area contributed by atoms with Crippen LogP contribution >= 0.6 is 11.3 Å². The minimum atomic E-state index is -0.0388. The van der Waals surface area contributed by atoms with E-state index in [1.165, 1.54) is 97.0 Å². The lowest BCUT2D eigenvalue weighted by molar-refractivity contribution is 0.666. The van der Waals surface area contributed by atoms with Gasteiger partial charge >= 0.3 is 0 Å². The largest absolute Gasteiger partial charge is 0.135 e. The third kappa shape index (κ3) is 3.49. The van der Waals surface area contributed by atoms with Gasteiger partial charge in [-0.15, -0.1) is 11.3 Å². The molecule has 0 radical (unpaired) electrons. The van der Waals surface area contributed by atoms with Crippen molar-refractivity contribution in [3.63, 3.8) is 0 Å². The summed E-state index contributed by atoms with van der Waals surface area (Å²) < 4.78 is 2.68. The SMILES string of the molecule is CC1(C)c2ccccc2-c2ccc3cc(-c4c5ccccc5c(-c5ccc6sc7ccccc7c6c5)c5ccccc45)ccc3c21. The van der Waals surface area contributed by atoms with E-state index in [-0.39, 0.29) is 5.41 Å². The molecular formula is C45H30S. The molecular weight excluding hydrogens is 573 g/mol. The summed E-state index contributed by atoms with van der Waals surface area (Å²) in [6.45, 7) is 4.75. The topological polar surface area (TPSA) is 0 Å². The molecule has 1 aliphatic carbocycles. The first-order valence-corrected chi connectivity index (χ1v) is 16.9. The number of hydrogen-bond donors (Lipinski definition) is 0. The predicted octanol–water partition coefficient (Wildman–Crippen LogP) is 13.2. The second-order valence-electron chi connectivity index (χ2n) is 13.2. The molecule has 0 nitrogen and oxygen atoms in total. The molecule has 0 fully saturated rings. The van der Waals surface area contributed by atoms with Gasteiger partial charge in [0.1, 0.15) is 0 Å². The molecule has 0 N–H and O–H groups in total. The van der Waals surface area contributed by atoms with Crippen LogP contribution in [0, 0.1) is 0 Å². The van der Waals surface area contributed by atoms with E-state index in [1.54, 1.807) is 0 Å². The highest BCUT2D eigenvalue weighted by Gasteiger charge is 2.36. The molecule has 0 amide bonds. The number of rotatable bonds is 2. The van der Waals surface area contributed by atoms with Crippen molar-refractivity contribution >= 4 is 63.8 Å². The minimum absolute atomic E-state index is 0.0388. The second-order valence-corrected chi connectivity index (χ2v) is 14.3. The van der Waals surface area contributed by atoms with Crippen LogP contribution < -0.4 is 0 Å². The van der Waals surface area contributed by atoms with Crippen LogP contribution in [0.2, 0.25) is 0 Å². The molecule has 0 saturated heterocycles. The molecule has 0 aliphatic heterocycles. The Kier molecular flexibility index (Phi) is 5.31. The van der Waals surface area contributed by atoms with E-state index in [9.17, 15) is 0 Å². The Balaban J connectivity index is 1.23. The van der Waals surface area contributed by atoms with Crippen molar-refractivity contribution in [2.45, 2.75) is 19.3 Å². The molecule has 216 valence electrons. The zero-order chi connectivity index (χ0) is 30.6. The first-order valence-electron chi connectivity index (χ1n) is 16.1. The van der Waals surface area contributed by atoms with E-state index in [1.807, 2.05) is 11.3 Å². The molecule has 1 heterocycles. The summed E-state index contributed by atoms with van der Waals surface area (Å²) in [5, 5.41) is 10.5. The summed E-state index contributed by atoms with van der Waals surface area (Å²) in [4.78, 5) is 0. The maximum Gasteiger partial charge on any atom is 0.0355 e. The lowest BCUT2D eigenvalue weighted by Gasteiger charge is -2.23. The van der Waals surface area contributed by atoms with E-state index in [0.29, 0.717) is 0 Å². The Morgan fingerprint density at radius 3 is 1.70 bits per heavy atom. The average Bonchev–Trinajstić information content (AvgIpc) is 3.58. The monoisotopic (exact) mass is 602 g/mol. The van der Waals surface area contributed by atoms with Crippen LogP contribution in [0.4, 0.5) is 0 Å². The maximum absolute atomic E-state index is 2.42. The summed E-state index contributed by atoms with van der Waals surface area (Å²) in [6, 6.07) is 54.6. The molecule has 0 saturated carbocycles. The third-order valence-corrected chi connectivity index (χ3v) is 11.6. The molecule has 1 heteroatoms. The third-order valence-electron chi connectivity index (χ3n) is 10.4. The number of hydrogen-bond acceptors (Lipinski definition) is 1. The van der Waals surface area contributed by atoms with Crippen molar-refractivity contribution in [1.82, 2.24) is 0 Å². The van der Waals surface area contributed by atoms with E-state index in [2.05, 4.69) is 159 Å². The molecule has 10 rings (SSSR count). The minimum Gasteiger partial charge on any atom is -0.135 e. The zero-order valence-corrected chi connectivity index (χ0v) is 26.6. The second kappa shape index (κ2) is 9.39. The summed E-state index contributed by atoms with van der Waals surface area (Å²) in [5.41, 5.74) is 10.7.